The molecule has 1 aliphatic heterocycles. The second kappa shape index (κ2) is 14.4. The molecule has 0 radical (unpaired) electrons. The third-order valence-corrected chi connectivity index (χ3v) is 8.81. The normalized spacial score (nSPS) is 16.5. The van der Waals surface area contributed by atoms with E-state index in [1.165, 1.54) is 0 Å². The second-order valence-electron chi connectivity index (χ2n) is 13.5. The van der Waals surface area contributed by atoms with Crippen LogP contribution in [0.1, 0.15) is 76.3 Å². The Morgan fingerprint density at radius 3 is 2.38 bits per heavy atom. The van der Waals surface area contributed by atoms with Crippen molar-refractivity contribution in [2.45, 2.75) is 79.2 Å². The lowest BCUT2D eigenvalue weighted by atomic mass is 9.86. The summed E-state index contributed by atoms with van der Waals surface area (Å²) >= 11 is 6.00. The lowest BCUT2D eigenvalue weighted by molar-refractivity contribution is -0.190. The Morgan fingerprint density at radius 1 is 1.12 bits per heavy atom. The fraction of sp³-hybridized carbons (Fsp3) is 0.457. The second-order valence-corrected chi connectivity index (χ2v) is 14.0. The zero-order chi connectivity index (χ0) is 35.6. The number of halogens is 4. The third kappa shape index (κ3) is 8.37. The number of imidazole rings is 1. The lowest BCUT2D eigenvalue weighted by Crippen LogP contribution is -2.50. The van der Waals surface area contributed by atoms with Gasteiger partial charge in [0.05, 0.1) is 17.1 Å². The first kappa shape index (κ1) is 36.5. The molecule has 4 rings (SSSR count). The van der Waals surface area contributed by atoms with Crippen molar-refractivity contribution in [1.29, 1.82) is 5.26 Å². The van der Waals surface area contributed by atoms with Gasteiger partial charge in [0, 0.05) is 36.3 Å². The number of hydrogen-bond donors (Lipinski definition) is 1. The molecule has 48 heavy (non-hydrogen) atoms. The molecule has 0 aliphatic carbocycles. The molecule has 3 amide bonds. The van der Waals surface area contributed by atoms with Crippen LogP contribution in [0.15, 0.2) is 54.1 Å². The van der Waals surface area contributed by atoms with Gasteiger partial charge in [-0.15, -0.1) is 0 Å². The number of carbonyl (C=O) groups excluding carboxylic acids is 3. The van der Waals surface area contributed by atoms with Crippen molar-refractivity contribution in [3.63, 3.8) is 0 Å². The number of amides is 3. The van der Waals surface area contributed by atoms with E-state index in [2.05, 4.69) is 5.32 Å². The number of anilines is 1. The number of fused-ring (bicyclic) bond motifs is 1. The zero-order valence-corrected chi connectivity index (χ0v) is 28.6. The number of nitrogens with one attached hydrogen (secondary N) is 1. The largest absolute Gasteiger partial charge is 0.471 e. The maximum atomic E-state index is 13.7. The molecule has 256 valence electrons. The molecule has 2 heterocycles. The topological polar surface area (TPSA) is 111 Å². The van der Waals surface area contributed by atoms with Crippen LogP contribution in [-0.2, 0) is 16.1 Å². The molecule has 1 aromatic heterocycles. The Labute approximate surface area is 283 Å². The number of likely N-dealkylation sites (tertiary alicyclic amines) is 1. The molecule has 1 unspecified atom stereocenters. The highest BCUT2D eigenvalue weighted by molar-refractivity contribution is 6.30. The minimum Gasteiger partial charge on any atom is -0.336 e. The number of carbonyl (C=O) groups is 3. The summed E-state index contributed by atoms with van der Waals surface area (Å²) in [5, 5.41) is 13.0. The summed E-state index contributed by atoms with van der Waals surface area (Å²) in [4.78, 5) is 46.3. The minimum absolute atomic E-state index is 0.000561. The van der Waals surface area contributed by atoms with Gasteiger partial charge in [-0.2, -0.15) is 18.4 Å². The smallest absolute Gasteiger partial charge is 0.336 e. The summed E-state index contributed by atoms with van der Waals surface area (Å²) in [5.41, 5.74) is 1.15. The molecule has 1 aliphatic rings. The number of alkyl halides is 3. The van der Waals surface area contributed by atoms with Crippen LogP contribution in [0, 0.1) is 22.7 Å². The highest BCUT2D eigenvalue weighted by Gasteiger charge is 2.45. The quantitative estimate of drug-likeness (QED) is 0.195. The van der Waals surface area contributed by atoms with E-state index in [4.69, 9.17) is 16.6 Å². The zero-order valence-electron chi connectivity index (χ0n) is 27.9. The average Bonchev–Trinajstić information content (AvgIpc) is 3.37. The third-order valence-electron chi connectivity index (χ3n) is 8.56. The van der Waals surface area contributed by atoms with E-state index in [0.717, 1.165) is 4.90 Å². The van der Waals surface area contributed by atoms with Gasteiger partial charge in [-0.25, -0.2) is 4.98 Å². The van der Waals surface area contributed by atoms with E-state index in [1.807, 2.05) is 24.5 Å². The van der Waals surface area contributed by atoms with Gasteiger partial charge < -0.3 is 14.4 Å². The van der Waals surface area contributed by atoms with Crippen molar-refractivity contribution >= 4 is 46.3 Å². The standard InChI is InChI=1S/C35H40ClF3N6O3/c1-21(2)16-25(18-40)31(47)43-15-7-8-27(20-43)45-29-14-9-23(19-44(22(3)34(4,5)6)32(48)35(37,38)39)17-28(29)41-33(45)42-30(46)24-10-12-26(36)13-11-24/h9-14,16-17,21-22,27H,7-8,15,19-20H2,1-6H3,(H,41,42,46)/b25-16-/t22-,27?/m0/s1. The maximum absolute atomic E-state index is 13.7. The molecule has 3 aromatic rings. The van der Waals surface area contributed by atoms with Crippen LogP contribution in [0.4, 0.5) is 19.1 Å². The van der Waals surface area contributed by atoms with Gasteiger partial charge in [-0.1, -0.05) is 58.4 Å². The van der Waals surface area contributed by atoms with E-state index >= 15 is 0 Å². The number of nitriles is 1. The molecule has 1 fully saturated rings. The van der Waals surface area contributed by atoms with Crippen molar-refractivity contribution in [3.8, 4) is 6.07 Å². The lowest BCUT2D eigenvalue weighted by Gasteiger charge is -2.38. The molecule has 1 N–H and O–H groups in total. The van der Waals surface area contributed by atoms with E-state index in [-0.39, 0.29) is 42.5 Å². The Hall–Kier alpha value is -4.37. The summed E-state index contributed by atoms with van der Waals surface area (Å²) in [6.45, 7) is 11.0. The van der Waals surface area contributed by atoms with Gasteiger partial charge in [-0.05, 0) is 73.1 Å². The number of allylic oxidation sites excluding steroid dienone is 1. The van der Waals surface area contributed by atoms with E-state index in [1.54, 1.807) is 81.1 Å². The number of piperidine rings is 1. The van der Waals surface area contributed by atoms with Crippen LogP contribution >= 0.6 is 11.6 Å². The Balaban J connectivity index is 1.76. The fourth-order valence-corrected chi connectivity index (χ4v) is 5.82. The number of nitrogens with zero attached hydrogens (tertiary/aromatic N) is 5. The van der Waals surface area contributed by atoms with E-state index in [9.17, 15) is 32.8 Å². The van der Waals surface area contributed by atoms with Crippen LogP contribution in [-0.4, -0.2) is 62.4 Å². The predicted molar refractivity (Wildman–Crippen MR) is 178 cm³/mol. The first-order chi connectivity index (χ1) is 22.4. The SMILES string of the molecule is CC(C)/C=C(/C#N)C(=O)N1CCCC(n2c(NC(=O)c3ccc(Cl)cc3)nc3cc(CN(C(=O)C(F)(F)F)[C@@H](C)C(C)(C)C)ccc32)C1. The fourth-order valence-electron chi connectivity index (χ4n) is 5.70. The van der Waals surface area contributed by atoms with Gasteiger partial charge in [0.25, 0.3) is 11.8 Å². The average molecular weight is 685 g/mol. The van der Waals surface area contributed by atoms with Gasteiger partial charge >= 0.3 is 12.1 Å². The molecule has 2 atom stereocenters. The van der Waals surface area contributed by atoms with E-state index < -0.39 is 29.4 Å². The first-order valence-corrected chi connectivity index (χ1v) is 16.1. The Morgan fingerprint density at radius 2 is 1.79 bits per heavy atom. The molecule has 2 aromatic carbocycles. The van der Waals surface area contributed by atoms with Gasteiger partial charge in [-0.3, -0.25) is 19.7 Å². The van der Waals surface area contributed by atoms with Gasteiger partial charge in [0.15, 0.2) is 0 Å². The molecule has 9 nitrogen and oxygen atoms in total. The highest BCUT2D eigenvalue weighted by Crippen LogP contribution is 2.34. The Kier molecular flexibility index (Phi) is 10.9. The summed E-state index contributed by atoms with van der Waals surface area (Å²) < 4.78 is 42.8. The molecule has 0 spiro atoms. The van der Waals surface area contributed by atoms with Crippen LogP contribution in [0.3, 0.4) is 0 Å². The number of aromatic nitrogens is 2. The van der Waals surface area contributed by atoms with Crippen molar-refractivity contribution in [1.82, 2.24) is 19.4 Å². The predicted octanol–water partition coefficient (Wildman–Crippen LogP) is 7.54. The molecule has 13 heteroatoms. The summed E-state index contributed by atoms with van der Waals surface area (Å²) in [5.74, 6) is -2.58. The Bertz CT molecular complexity index is 1750. The van der Waals surface area contributed by atoms with Crippen LogP contribution in [0.5, 0.6) is 0 Å². The first-order valence-electron chi connectivity index (χ1n) is 15.8. The van der Waals surface area contributed by atoms with Crippen LogP contribution in [0.25, 0.3) is 11.0 Å². The molecule has 0 saturated carbocycles. The molecular weight excluding hydrogens is 645 g/mol. The maximum Gasteiger partial charge on any atom is 0.471 e. The van der Waals surface area contributed by atoms with Gasteiger partial charge in [0.1, 0.15) is 11.6 Å². The highest BCUT2D eigenvalue weighted by atomic mass is 35.5. The minimum atomic E-state index is -5.05. The molecular formula is C35H40ClF3N6O3. The molecule has 1 saturated heterocycles. The van der Waals surface area contributed by atoms with E-state index in [0.29, 0.717) is 46.6 Å². The van der Waals surface area contributed by atoms with Crippen molar-refractivity contribution < 1.29 is 27.6 Å². The number of hydrogen-bond acceptors (Lipinski definition) is 5. The van der Waals surface area contributed by atoms with Crippen LogP contribution in [0.2, 0.25) is 5.02 Å². The molecule has 0 bridgehead atoms. The summed E-state index contributed by atoms with van der Waals surface area (Å²) in [6, 6.07) is 12.2. The number of benzene rings is 2. The number of rotatable bonds is 8. The summed E-state index contributed by atoms with van der Waals surface area (Å²) in [7, 11) is 0. The monoisotopic (exact) mass is 684 g/mol. The van der Waals surface area contributed by atoms with Gasteiger partial charge in [0.2, 0.25) is 5.95 Å². The van der Waals surface area contributed by atoms with Crippen LogP contribution < -0.4 is 5.32 Å². The van der Waals surface area contributed by atoms with Crippen molar-refractivity contribution in [2.24, 2.45) is 11.3 Å². The summed E-state index contributed by atoms with van der Waals surface area (Å²) in [6.07, 6.45) is -2.17. The van der Waals surface area contributed by atoms with Crippen molar-refractivity contribution in [2.75, 3.05) is 18.4 Å². The van der Waals surface area contributed by atoms with Crippen molar-refractivity contribution in [3.05, 3.63) is 70.3 Å².